The number of benzene rings is 1. The number of piperazine rings is 1. The monoisotopic (exact) mass is 386 g/mol. The van der Waals surface area contributed by atoms with Crippen molar-refractivity contribution >= 4 is 32.6 Å². The van der Waals surface area contributed by atoms with E-state index in [1.165, 1.54) is 0 Å². The number of nitrogens with one attached hydrogen (secondary N) is 1. The third-order valence-corrected chi connectivity index (χ3v) is 5.69. The quantitative estimate of drug-likeness (QED) is 0.845. The maximum atomic E-state index is 12.2. The predicted octanol–water partition coefficient (Wildman–Crippen LogP) is 2.55. The molecule has 3 atom stereocenters. The first-order valence-electron chi connectivity index (χ1n) is 7.63. The lowest BCUT2D eigenvalue weighted by Gasteiger charge is -2.36. The summed E-state index contributed by atoms with van der Waals surface area (Å²) < 4.78 is 13.2. The Balaban J connectivity index is 1.77. The van der Waals surface area contributed by atoms with Gasteiger partial charge in [-0.2, -0.15) is 0 Å². The molecule has 1 fully saturated rings. The van der Waals surface area contributed by atoms with Crippen LogP contribution in [0.4, 0.5) is 0 Å². The third-order valence-electron chi connectivity index (χ3n) is 3.71. The standard InChI is InChI=1S/C16H23BrN2O2S/c1-12-10-19(11-13(2)18-12)16(20)4-3-9-22(21)15-7-5-14(17)6-8-15/h5-8,12-13,18H,3-4,9-11H2,1-2H3/t12-,13+,22-/m1/s1. The minimum atomic E-state index is -1.03. The van der Waals surface area contributed by atoms with Gasteiger partial charge in [-0.05, 0) is 44.5 Å². The normalized spacial score (nSPS) is 23.3. The Labute approximate surface area is 143 Å². The lowest BCUT2D eigenvalue weighted by molar-refractivity contribution is -0.132. The Bertz CT molecular complexity index is 525. The van der Waals surface area contributed by atoms with Crippen LogP contribution in [0.3, 0.4) is 0 Å². The molecule has 1 aromatic carbocycles. The number of nitrogens with zero attached hydrogens (tertiary/aromatic N) is 1. The van der Waals surface area contributed by atoms with Crippen molar-refractivity contribution < 1.29 is 9.00 Å². The van der Waals surface area contributed by atoms with Gasteiger partial charge in [0, 0.05) is 46.7 Å². The van der Waals surface area contributed by atoms with Crippen molar-refractivity contribution in [2.45, 2.75) is 43.7 Å². The molecule has 1 aliphatic rings. The van der Waals surface area contributed by atoms with Crippen LogP contribution in [-0.4, -0.2) is 45.9 Å². The van der Waals surface area contributed by atoms with Crippen LogP contribution in [0, 0.1) is 0 Å². The van der Waals surface area contributed by atoms with Crippen LogP contribution in [0.2, 0.25) is 0 Å². The van der Waals surface area contributed by atoms with Crippen molar-refractivity contribution in [1.82, 2.24) is 10.2 Å². The largest absolute Gasteiger partial charge is 0.340 e. The Morgan fingerprint density at radius 1 is 1.27 bits per heavy atom. The van der Waals surface area contributed by atoms with E-state index in [0.29, 0.717) is 30.7 Å². The van der Waals surface area contributed by atoms with Crippen LogP contribution >= 0.6 is 15.9 Å². The summed E-state index contributed by atoms with van der Waals surface area (Å²) in [6.45, 7) is 5.72. The Hall–Kier alpha value is -0.720. The summed E-state index contributed by atoms with van der Waals surface area (Å²) in [5.41, 5.74) is 0. The summed E-state index contributed by atoms with van der Waals surface area (Å²) in [6, 6.07) is 8.18. The van der Waals surface area contributed by atoms with E-state index < -0.39 is 10.8 Å². The summed E-state index contributed by atoms with van der Waals surface area (Å²) in [7, 11) is -1.03. The van der Waals surface area contributed by atoms with E-state index in [0.717, 1.165) is 22.5 Å². The fraction of sp³-hybridized carbons (Fsp3) is 0.562. The molecule has 1 N–H and O–H groups in total. The fourth-order valence-corrected chi connectivity index (χ4v) is 4.09. The predicted molar refractivity (Wildman–Crippen MR) is 93.3 cm³/mol. The number of hydrogen-bond acceptors (Lipinski definition) is 3. The average molecular weight is 387 g/mol. The smallest absolute Gasteiger partial charge is 0.222 e. The van der Waals surface area contributed by atoms with Crippen molar-refractivity contribution in [1.29, 1.82) is 0 Å². The number of carbonyl (C=O) groups excluding carboxylic acids is 1. The van der Waals surface area contributed by atoms with Crippen molar-refractivity contribution in [3.63, 3.8) is 0 Å². The highest BCUT2D eigenvalue weighted by Crippen LogP contribution is 2.15. The highest BCUT2D eigenvalue weighted by Gasteiger charge is 2.24. The molecule has 1 heterocycles. The van der Waals surface area contributed by atoms with E-state index >= 15 is 0 Å². The lowest BCUT2D eigenvalue weighted by Crippen LogP contribution is -2.55. The minimum Gasteiger partial charge on any atom is -0.340 e. The van der Waals surface area contributed by atoms with Gasteiger partial charge in [0.15, 0.2) is 0 Å². The highest BCUT2D eigenvalue weighted by molar-refractivity contribution is 9.10. The van der Waals surface area contributed by atoms with Crippen LogP contribution in [0.1, 0.15) is 26.7 Å². The number of halogens is 1. The van der Waals surface area contributed by atoms with E-state index in [9.17, 15) is 9.00 Å². The Morgan fingerprint density at radius 3 is 2.45 bits per heavy atom. The maximum Gasteiger partial charge on any atom is 0.222 e. The summed E-state index contributed by atoms with van der Waals surface area (Å²) >= 11 is 3.37. The first kappa shape index (κ1) is 17.6. The third kappa shape index (κ3) is 5.18. The van der Waals surface area contributed by atoms with Crippen LogP contribution in [0.5, 0.6) is 0 Å². The van der Waals surface area contributed by atoms with Crippen LogP contribution in [0.25, 0.3) is 0 Å². The molecule has 122 valence electrons. The molecule has 2 rings (SSSR count). The Kier molecular flexibility index (Phi) is 6.59. The van der Waals surface area contributed by atoms with E-state index in [-0.39, 0.29) is 5.91 Å². The van der Waals surface area contributed by atoms with Crippen molar-refractivity contribution in [3.8, 4) is 0 Å². The van der Waals surface area contributed by atoms with Gasteiger partial charge in [0.25, 0.3) is 0 Å². The molecule has 4 nitrogen and oxygen atoms in total. The second-order valence-electron chi connectivity index (χ2n) is 5.87. The molecule has 0 bridgehead atoms. The van der Waals surface area contributed by atoms with Gasteiger partial charge in [-0.3, -0.25) is 9.00 Å². The first-order valence-corrected chi connectivity index (χ1v) is 9.74. The van der Waals surface area contributed by atoms with Crippen LogP contribution in [-0.2, 0) is 15.6 Å². The van der Waals surface area contributed by atoms with Crippen molar-refractivity contribution in [3.05, 3.63) is 28.7 Å². The minimum absolute atomic E-state index is 0.174. The molecule has 22 heavy (non-hydrogen) atoms. The number of carbonyl (C=O) groups is 1. The summed E-state index contributed by atoms with van der Waals surface area (Å²) in [5.74, 6) is 0.706. The van der Waals surface area contributed by atoms with Crippen molar-refractivity contribution in [2.75, 3.05) is 18.8 Å². The van der Waals surface area contributed by atoms with Gasteiger partial charge in [0.2, 0.25) is 5.91 Å². The highest BCUT2D eigenvalue weighted by atomic mass is 79.9. The van der Waals surface area contributed by atoms with Gasteiger partial charge in [-0.1, -0.05) is 15.9 Å². The number of rotatable bonds is 5. The van der Waals surface area contributed by atoms with Crippen molar-refractivity contribution in [2.24, 2.45) is 0 Å². The SMILES string of the molecule is C[C@@H]1CN(C(=O)CCC[S@@](=O)c2ccc(Br)cc2)C[C@H](C)N1. The molecule has 6 heteroatoms. The second kappa shape index (κ2) is 8.22. The van der Waals surface area contributed by atoms with E-state index in [1.807, 2.05) is 29.2 Å². The molecular weight excluding hydrogens is 364 g/mol. The Morgan fingerprint density at radius 2 is 1.86 bits per heavy atom. The molecule has 0 aliphatic carbocycles. The molecule has 1 amide bonds. The van der Waals surface area contributed by atoms with Gasteiger partial charge in [0.05, 0.1) is 10.8 Å². The zero-order valence-electron chi connectivity index (χ0n) is 13.0. The van der Waals surface area contributed by atoms with E-state index in [4.69, 9.17) is 0 Å². The maximum absolute atomic E-state index is 12.2. The topological polar surface area (TPSA) is 49.4 Å². The zero-order chi connectivity index (χ0) is 16.1. The molecule has 0 radical (unpaired) electrons. The second-order valence-corrected chi connectivity index (χ2v) is 8.36. The molecule has 0 spiro atoms. The molecule has 1 aromatic rings. The summed E-state index contributed by atoms with van der Waals surface area (Å²) in [6.07, 6.45) is 1.13. The fourth-order valence-electron chi connectivity index (χ4n) is 2.75. The van der Waals surface area contributed by atoms with Gasteiger partial charge in [-0.25, -0.2) is 0 Å². The lowest BCUT2D eigenvalue weighted by atomic mass is 10.1. The molecular formula is C16H23BrN2O2S. The number of hydrogen-bond donors (Lipinski definition) is 1. The van der Waals surface area contributed by atoms with Gasteiger partial charge >= 0.3 is 0 Å². The number of amides is 1. The first-order chi connectivity index (χ1) is 10.5. The van der Waals surface area contributed by atoms with Gasteiger partial charge in [-0.15, -0.1) is 0 Å². The molecule has 0 saturated carbocycles. The molecule has 1 saturated heterocycles. The van der Waals surface area contributed by atoms with Gasteiger partial charge < -0.3 is 10.2 Å². The summed E-state index contributed by atoms with van der Waals surface area (Å²) in [4.78, 5) is 15.0. The van der Waals surface area contributed by atoms with E-state index in [1.54, 1.807) is 0 Å². The van der Waals surface area contributed by atoms with E-state index in [2.05, 4.69) is 35.1 Å². The van der Waals surface area contributed by atoms with Gasteiger partial charge in [0.1, 0.15) is 0 Å². The molecule has 0 aromatic heterocycles. The molecule has 0 unspecified atom stereocenters. The van der Waals surface area contributed by atoms with Crippen LogP contribution in [0.15, 0.2) is 33.6 Å². The average Bonchev–Trinajstić information content (AvgIpc) is 2.46. The molecule has 1 aliphatic heterocycles. The summed E-state index contributed by atoms with van der Waals surface area (Å²) in [5, 5.41) is 3.42. The zero-order valence-corrected chi connectivity index (χ0v) is 15.5. The van der Waals surface area contributed by atoms with Crippen LogP contribution < -0.4 is 5.32 Å².